The maximum absolute atomic E-state index is 9.20. The summed E-state index contributed by atoms with van der Waals surface area (Å²) in [5.41, 5.74) is 5.26. The Morgan fingerprint density at radius 2 is 1.69 bits per heavy atom. The minimum Gasteiger partial charge on any atom is -0.394 e. The number of halogens is 1. The smallest absolute Gasteiger partial charge is 0.173 e. The number of nitrogens with two attached hydrogens (primary N) is 1. The first-order chi connectivity index (χ1) is 5.57. The van der Waals surface area contributed by atoms with E-state index in [1.807, 2.05) is 0 Å². The molecular formula is C6H14ClNO5. The van der Waals surface area contributed by atoms with Gasteiger partial charge >= 0.3 is 0 Å². The van der Waals surface area contributed by atoms with Crippen LogP contribution in [0.4, 0.5) is 0 Å². The Morgan fingerprint density at radius 1 is 1.15 bits per heavy atom. The first-order valence-electron chi connectivity index (χ1n) is 3.64. The maximum Gasteiger partial charge on any atom is 0.173 e. The van der Waals surface area contributed by atoms with Gasteiger partial charge in [0.25, 0.3) is 0 Å². The van der Waals surface area contributed by atoms with Crippen molar-refractivity contribution in [3.8, 4) is 0 Å². The third-order valence-corrected chi connectivity index (χ3v) is 1.95. The first-order valence-corrected chi connectivity index (χ1v) is 3.64. The molecule has 1 unspecified atom stereocenters. The van der Waals surface area contributed by atoms with Crippen molar-refractivity contribution in [2.75, 3.05) is 6.61 Å². The third kappa shape index (κ3) is 2.50. The fraction of sp³-hybridized carbons (Fsp3) is 1.00. The summed E-state index contributed by atoms with van der Waals surface area (Å²) in [6.07, 6.45) is -4.85. The van der Waals surface area contributed by atoms with Gasteiger partial charge in [0.2, 0.25) is 0 Å². The Morgan fingerprint density at radius 3 is 2.15 bits per heavy atom. The van der Waals surface area contributed by atoms with Gasteiger partial charge in [0.05, 0.1) is 12.6 Å². The van der Waals surface area contributed by atoms with Crippen molar-refractivity contribution in [2.45, 2.75) is 30.6 Å². The second-order valence-corrected chi connectivity index (χ2v) is 2.81. The van der Waals surface area contributed by atoms with E-state index >= 15 is 0 Å². The van der Waals surface area contributed by atoms with E-state index in [4.69, 9.17) is 20.7 Å². The lowest BCUT2D eigenvalue weighted by Gasteiger charge is -2.38. The molecule has 1 rings (SSSR count). The Labute approximate surface area is 81.3 Å². The van der Waals surface area contributed by atoms with Gasteiger partial charge in [0.1, 0.15) is 18.3 Å². The highest BCUT2D eigenvalue weighted by atomic mass is 35.5. The number of ether oxygens (including phenoxy) is 1. The molecule has 1 aliphatic rings. The zero-order valence-electron chi connectivity index (χ0n) is 6.78. The highest BCUT2D eigenvalue weighted by Crippen LogP contribution is 2.17. The molecule has 0 saturated carbocycles. The number of rotatable bonds is 1. The second kappa shape index (κ2) is 5.06. The van der Waals surface area contributed by atoms with Gasteiger partial charge < -0.3 is 30.9 Å². The van der Waals surface area contributed by atoms with Crippen molar-refractivity contribution in [3.63, 3.8) is 0 Å². The molecule has 0 aromatic rings. The van der Waals surface area contributed by atoms with Crippen molar-refractivity contribution < 1.29 is 25.2 Å². The topological polar surface area (TPSA) is 116 Å². The molecule has 0 aromatic carbocycles. The minimum absolute atomic E-state index is 0. The molecule has 0 radical (unpaired) electrons. The predicted octanol–water partition coefficient (Wildman–Crippen LogP) is -2.83. The standard InChI is InChI=1S/C6H13NO5.ClH/c7-3-5(10)4(9)2(1-8)12-6(3)11;/h2-6,8-11H,1,7H2;1H/t2-,3-,4+,5-,6?;/m1./s1/i7+1;. The molecular weight excluding hydrogens is 203 g/mol. The van der Waals surface area contributed by atoms with E-state index in [0.717, 1.165) is 0 Å². The molecule has 13 heavy (non-hydrogen) atoms. The van der Waals surface area contributed by atoms with Crippen LogP contribution in [-0.2, 0) is 4.74 Å². The van der Waals surface area contributed by atoms with Crippen LogP contribution in [0.3, 0.4) is 0 Å². The Kier molecular flexibility index (Phi) is 5.08. The second-order valence-electron chi connectivity index (χ2n) is 2.81. The van der Waals surface area contributed by atoms with Gasteiger partial charge in [-0.25, -0.2) is 0 Å². The summed E-state index contributed by atoms with van der Waals surface area (Å²) in [4.78, 5) is 0. The molecule has 7 heteroatoms. The molecule has 1 heterocycles. The molecule has 0 amide bonds. The summed E-state index contributed by atoms with van der Waals surface area (Å²) in [7, 11) is 0. The van der Waals surface area contributed by atoms with Crippen LogP contribution in [-0.4, -0.2) is 57.7 Å². The van der Waals surface area contributed by atoms with E-state index < -0.39 is 37.3 Å². The first kappa shape index (κ1) is 13.1. The van der Waals surface area contributed by atoms with Crippen molar-refractivity contribution in [1.82, 2.24) is 0 Å². The average Bonchev–Trinajstić information content (AvgIpc) is 2.08. The monoisotopic (exact) mass is 216 g/mol. The highest BCUT2D eigenvalue weighted by Gasteiger charge is 2.41. The lowest BCUT2D eigenvalue weighted by molar-refractivity contribution is -0.248. The van der Waals surface area contributed by atoms with Crippen LogP contribution in [0.1, 0.15) is 0 Å². The van der Waals surface area contributed by atoms with E-state index in [2.05, 4.69) is 0 Å². The van der Waals surface area contributed by atoms with Crippen LogP contribution < -0.4 is 5.73 Å². The third-order valence-electron chi connectivity index (χ3n) is 1.95. The van der Waals surface area contributed by atoms with Gasteiger partial charge in [-0.2, -0.15) is 0 Å². The largest absolute Gasteiger partial charge is 0.394 e. The maximum atomic E-state index is 9.20. The molecule has 5 atom stereocenters. The zero-order chi connectivity index (χ0) is 9.30. The van der Waals surface area contributed by atoms with Gasteiger partial charge in [0, 0.05) is 0 Å². The number of aliphatic hydroxyl groups is 4. The molecule has 80 valence electrons. The molecule has 0 aliphatic carbocycles. The molecule has 6 N–H and O–H groups in total. The van der Waals surface area contributed by atoms with Crippen molar-refractivity contribution >= 4 is 12.4 Å². The summed E-state index contributed by atoms with van der Waals surface area (Å²) in [5.74, 6) is 0. The molecule has 1 saturated heterocycles. The molecule has 6 nitrogen and oxygen atoms in total. The number of hydrogen-bond donors (Lipinski definition) is 5. The Bertz CT molecular complexity index is 155. The van der Waals surface area contributed by atoms with Gasteiger partial charge in [-0.15, -0.1) is 12.4 Å². The van der Waals surface area contributed by atoms with Crippen molar-refractivity contribution in [1.29, 1.82) is 0 Å². The van der Waals surface area contributed by atoms with Gasteiger partial charge in [0.15, 0.2) is 6.29 Å². The Hall–Kier alpha value is 0.0500. The molecule has 1 fully saturated rings. The predicted molar refractivity (Wildman–Crippen MR) is 45.2 cm³/mol. The quantitative estimate of drug-likeness (QED) is 0.302. The average molecular weight is 217 g/mol. The van der Waals surface area contributed by atoms with Crippen LogP contribution in [0.2, 0.25) is 0 Å². The highest BCUT2D eigenvalue weighted by molar-refractivity contribution is 5.85. The van der Waals surface area contributed by atoms with E-state index in [1.54, 1.807) is 0 Å². The van der Waals surface area contributed by atoms with Crippen molar-refractivity contribution in [3.05, 3.63) is 0 Å². The lowest BCUT2D eigenvalue weighted by atomic mass is 9.99. The van der Waals surface area contributed by atoms with E-state index in [0.29, 0.717) is 0 Å². The molecule has 0 aromatic heterocycles. The fourth-order valence-electron chi connectivity index (χ4n) is 1.12. The van der Waals surface area contributed by atoms with E-state index in [1.165, 1.54) is 0 Å². The van der Waals surface area contributed by atoms with Crippen LogP contribution in [0.25, 0.3) is 0 Å². The lowest BCUT2D eigenvalue weighted by Crippen LogP contribution is -2.61. The SMILES string of the molecule is Cl.[15NH2][C@H]1C(O)O[C@H](CO)[C@H](O)[C@@H]1O. The fourth-order valence-corrected chi connectivity index (χ4v) is 1.12. The molecule has 0 spiro atoms. The minimum atomic E-state index is -1.35. The van der Waals surface area contributed by atoms with Gasteiger partial charge in [-0.05, 0) is 0 Å². The van der Waals surface area contributed by atoms with Crippen LogP contribution in [0.15, 0.2) is 0 Å². The van der Waals surface area contributed by atoms with Crippen LogP contribution >= 0.6 is 12.4 Å². The normalized spacial score (nSPS) is 45.5. The zero-order valence-corrected chi connectivity index (χ0v) is 7.59. The van der Waals surface area contributed by atoms with Gasteiger partial charge in [-0.1, -0.05) is 0 Å². The summed E-state index contributed by atoms with van der Waals surface area (Å²) >= 11 is 0. The van der Waals surface area contributed by atoms with E-state index in [9.17, 15) is 10.2 Å². The summed E-state index contributed by atoms with van der Waals surface area (Å²) in [5, 5.41) is 36.1. The summed E-state index contributed by atoms with van der Waals surface area (Å²) < 4.78 is 4.70. The summed E-state index contributed by atoms with van der Waals surface area (Å²) in [6.45, 7) is -0.470. The van der Waals surface area contributed by atoms with Gasteiger partial charge in [-0.3, -0.25) is 0 Å². The number of hydrogen-bond acceptors (Lipinski definition) is 6. The van der Waals surface area contributed by atoms with Crippen LogP contribution in [0.5, 0.6) is 0 Å². The summed E-state index contributed by atoms with van der Waals surface area (Å²) in [6, 6.07) is -1.04. The molecule has 0 bridgehead atoms. The Balaban J connectivity index is 0.00000144. The molecule has 1 aliphatic heterocycles. The number of aliphatic hydroxyl groups excluding tert-OH is 4. The van der Waals surface area contributed by atoms with E-state index in [-0.39, 0.29) is 12.4 Å². The van der Waals surface area contributed by atoms with Crippen molar-refractivity contribution in [2.24, 2.45) is 5.73 Å². The van der Waals surface area contributed by atoms with Crippen LogP contribution in [0, 0.1) is 0 Å².